The maximum Gasteiger partial charge on any atom is 0.304 e. The number of hydrogen-bond acceptors (Lipinski definition) is 4. The highest BCUT2D eigenvalue weighted by Crippen LogP contribution is 2.11. The molecule has 0 aliphatic heterocycles. The molecule has 0 aliphatic rings. The number of aromatic hydroxyl groups is 1. The molecule has 1 aromatic heterocycles. The molecule has 1 unspecified atom stereocenters. The van der Waals surface area contributed by atoms with Crippen molar-refractivity contribution in [3.8, 4) is 5.75 Å². The van der Waals surface area contributed by atoms with Crippen molar-refractivity contribution in [1.29, 1.82) is 0 Å². The van der Waals surface area contributed by atoms with Gasteiger partial charge in [0.1, 0.15) is 5.75 Å². The Morgan fingerprint density at radius 3 is 2.72 bits per heavy atom. The number of phenolic OH excluding ortho intramolecular Hbond substituents is 1. The van der Waals surface area contributed by atoms with Crippen molar-refractivity contribution in [2.45, 2.75) is 25.9 Å². The van der Waals surface area contributed by atoms with E-state index in [1.165, 1.54) is 16.9 Å². The van der Waals surface area contributed by atoms with E-state index in [2.05, 4.69) is 17.2 Å². The summed E-state index contributed by atoms with van der Waals surface area (Å²) < 4.78 is 0. The van der Waals surface area contributed by atoms with Crippen LogP contribution in [0.2, 0.25) is 0 Å². The molecule has 0 spiro atoms. The van der Waals surface area contributed by atoms with Gasteiger partial charge in [0.15, 0.2) is 0 Å². The molecule has 0 amide bonds. The van der Waals surface area contributed by atoms with Crippen molar-refractivity contribution in [2.24, 2.45) is 0 Å². The van der Waals surface area contributed by atoms with E-state index in [1.54, 1.807) is 12.1 Å². The number of aromatic nitrogens is 1. The topological polar surface area (TPSA) is 65.1 Å². The van der Waals surface area contributed by atoms with E-state index in [9.17, 15) is 9.90 Å². The Morgan fingerprint density at radius 1 is 1.39 bits per heavy atom. The Bertz CT molecular complexity index is 545. The number of rotatable bonds is 5. The molecule has 1 aromatic carbocycles. The predicted molar refractivity (Wildman–Crippen MR) is 73.1 cm³/mol. The monoisotopic (exact) mass is 264 g/mol. The maximum absolute atomic E-state index is 11.0. The van der Waals surface area contributed by atoms with E-state index >= 15 is 0 Å². The molecular weight excluding hydrogens is 248 g/mol. The van der Waals surface area contributed by atoms with Gasteiger partial charge < -0.3 is 15.4 Å². The molecular formula is C13H16N2O2S. The molecule has 18 heavy (non-hydrogen) atoms. The average Bonchev–Trinajstić information content (AvgIpc) is 2.76. The van der Waals surface area contributed by atoms with Gasteiger partial charge >= 0.3 is 4.87 Å². The fourth-order valence-electron chi connectivity index (χ4n) is 1.74. The summed E-state index contributed by atoms with van der Waals surface area (Å²) in [5, 5.41) is 14.4. The number of benzene rings is 1. The van der Waals surface area contributed by atoms with Crippen LogP contribution in [-0.2, 0) is 13.0 Å². The van der Waals surface area contributed by atoms with Crippen LogP contribution in [0.25, 0.3) is 0 Å². The van der Waals surface area contributed by atoms with Crippen molar-refractivity contribution >= 4 is 11.3 Å². The number of nitrogens with one attached hydrogen (secondary N) is 2. The molecule has 0 fully saturated rings. The second-order valence-corrected chi connectivity index (χ2v) is 5.17. The van der Waals surface area contributed by atoms with E-state index in [1.807, 2.05) is 17.5 Å². The Balaban J connectivity index is 1.83. The first kappa shape index (κ1) is 12.9. The van der Waals surface area contributed by atoms with Gasteiger partial charge in [0, 0.05) is 23.7 Å². The van der Waals surface area contributed by atoms with Crippen LogP contribution >= 0.6 is 11.3 Å². The van der Waals surface area contributed by atoms with Crippen LogP contribution in [0.1, 0.15) is 18.2 Å². The van der Waals surface area contributed by atoms with Crippen LogP contribution in [0.15, 0.2) is 34.4 Å². The lowest BCUT2D eigenvalue weighted by Gasteiger charge is -2.13. The molecule has 3 N–H and O–H groups in total. The van der Waals surface area contributed by atoms with Gasteiger partial charge in [-0.05, 0) is 31.0 Å². The first-order valence-corrected chi connectivity index (χ1v) is 6.69. The van der Waals surface area contributed by atoms with E-state index < -0.39 is 0 Å². The summed E-state index contributed by atoms with van der Waals surface area (Å²) in [5.74, 6) is 0.287. The Kier molecular flexibility index (Phi) is 4.17. The minimum Gasteiger partial charge on any atom is -0.508 e. The van der Waals surface area contributed by atoms with Gasteiger partial charge in [-0.2, -0.15) is 0 Å². The zero-order valence-corrected chi connectivity index (χ0v) is 11.0. The van der Waals surface area contributed by atoms with Gasteiger partial charge in [-0.25, -0.2) is 0 Å². The van der Waals surface area contributed by atoms with Gasteiger partial charge in [0.25, 0.3) is 0 Å². The number of H-pyrrole nitrogens is 1. The minimum absolute atomic E-state index is 0.0158. The van der Waals surface area contributed by atoms with Gasteiger partial charge in [-0.15, -0.1) is 0 Å². The molecule has 2 aromatic rings. The van der Waals surface area contributed by atoms with E-state index in [-0.39, 0.29) is 10.6 Å². The van der Waals surface area contributed by atoms with Gasteiger partial charge in [-0.1, -0.05) is 23.5 Å². The Hall–Kier alpha value is -1.59. The van der Waals surface area contributed by atoms with Crippen LogP contribution in [0.3, 0.4) is 0 Å². The summed E-state index contributed by atoms with van der Waals surface area (Å²) >= 11 is 1.18. The molecule has 0 saturated heterocycles. The average molecular weight is 264 g/mol. The first-order chi connectivity index (χ1) is 8.63. The second kappa shape index (κ2) is 5.84. The van der Waals surface area contributed by atoms with Crippen LogP contribution in [0.4, 0.5) is 0 Å². The fraction of sp³-hybridized carbons (Fsp3) is 0.308. The van der Waals surface area contributed by atoms with Gasteiger partial charge in [0.2, 0.25) is 0 Å². The summed E-state index contributed by atoms with van der Waals surface area (Å²) in [6.07, 6.45) is 0.884. The highest BCUT2D eigenvalue weighted by atomic mass is 32.1. The third kappa shape index (κ3) is 3.72. The summed E-state index contributed by atoms with van der Waals surface area (Å²) in [6.45, 7) is 2.76. The lowest BCUT2D eigenvalue weighted by Crippen LogP contribution is -2.27. The molecule has 5 heteroatoms. The van der Waals surface area contributed by atoms with Gasteiger partial charge in [-0.3, -0.25) is 4.79 Å². The van der Waals surface area contributed by atoms with Crippen molar-refractivity contribution in [1.82, 2.24) is 10.3 Å². The summed E-state index contributed by atoms with van der Waals surface area (Å²) in [5.41, 5.74) is 2.09. The molecule has 0 bridgehead atoms. The largest absolute Gasteiger partial charge is 0.508 e. The van der Waals surface area contributed by atoms with E-state index in [4.69, 9.17) is 0 Å². The zero-order chi connectivity index (χ0) is 13.0. The highest BCUT2D eigenvalue weighted by molar-refractivity contribution is 7.07. The minimum atomic E-state index is -0.0158. The molecule has 4 nitrogen and oxygen atoms in total. The molecule has 96 valence electrons. The van der Waals surface area contributed by atoms with E-state index in [0.29, 0.717) is 12.6 Å². The number of hydrogen-bond donors (Lipinski definition) is 3. The normalized spacial score (nSPS) is 12.5. The third-order valence-corrected chi connectivity index (χ3v) is 3.41. The summed E-state index contributed by atoms with van der Waals surface area (Å²) in [7, 11) is 0. The van der Waals surface area contributed by atoms with E-state index in [0.717, 1.165) is 12.1 Å². The SMILES string of the molecule is CC(Cc1ccc(O)cc1)NCc1csc(=O)[nH]1. The Morgan fingerprint density at radius 2 is 2.11 bits per heavy atom. The number of thiazole rings is 1. The molecule has 0 saturated carbocycles. The zero-order valence-electron chi connectivity index (χ0n) is 10.1. The second-order valence-electron chi connectivity index (χ2n) is 4.33. The van der Waals surface area contributed by atoms with Crippen LogP contribution in [-0.4, -0.2) is 16.1 Å². The Labute approximate surface area is 109 Å². The quantitative estimate of drug-likeness (QED) is 0.772. The maximum atomic E-state index is 11.0. The number of phenols is 1. The fourth-order valence-corrected chi connectivity index (χ4v) is 2.32. The molecule has 0 radical (unpaired) electrons. The lowest BCUT2D eigenvalue weighted by molar-refractivity contribution is 0.474. The van der Waals surface area contributed by atoms with Gasteiger partial charge in [0.05, 0.1) is 0 Å². The van der Waals surface area contributed by atoms with Crippen molar-refractivity contribution < 1.29 is 5.11 Å². The molecule has 0 aliphatic carbocycles. The standard InChI is InChI=1S/C13H16N2O2S/c1-9(6-10-2-4-12(16)5-3-10)14-7-11-8-18-13(17)15-11/h2-5,8-9,14,16H,6-7H2,1H3,(H,15,17). The summed E-state index contributed by atoms with van der Waals surface area (Å²) in [6, 6.07) is 7.52. The number of aromatic amines is 1. The molecule has 1 atom stereocenters. The first-order valence-electron chi connectivity index (χ1n) is 5.81. The van der Waals surface area contributed by atoms with Crippen LogP contribution in [0, 0.1) is 0 Å². The molecule has 1 heterocycles. The highest BCUT2D eigenvalue weighted by Gasteiger charge is 2.04. The van der Waals surface area contributed by atoms with Crippen molar-refractivity contribution in [2.75, 3.05) is 0 Å². The third-order valence-electron chi connectivity index (χ3n) is 2.69. The van der Waals surface area contributed by atoms with Crippen molar-refractivity contribution in [3.63, 3.8) is 0 Å². The smallest absolute Gasteiger partial charge is 0.304 e. The lowest BCUT2D eigenvalue weighted by atomic mass is 10.1. The van der Waals surface area contributed by atoms with Crippen LogP contribution in [0.5, 0.6) is 5.75 Å². The molecule has 2 rings (SSSR count). The summed E-state index contributed by atoms with van der Waals surface area (Å²) in [4.78, 5) is 13.7. The van der Waals surface area contributed by atoms with Crippen molar-refractivity contribution in [3.05, 3.63) is 50.6 Å². The van der Waals surface area contributed by atoms with Crippen LogP contribution < -0.4 is 10.2 Å². The predicted octanol–water partition coefficient (Wildman–Crippen LogP) is 1.86.